The second-order valence-corrected chi connectivity index (χ2v) is 4.94. The van der Waals surface area contributed by atoms with Crippen molar-refractivity contribution in [3.63, 3.8) is 0 Å². The maximum atomic E-state index is 12.8. The first-order valence-corrected chi connectivity index (χ1v) is 7.02. The first-order chi connectivity index (χ1) is 10.3. The smallest absolute Gasteiger partial charge is 0.123 e. The number of aromatic nitrogens is 2. The third-order valence-corrected chi connectivity index (χ3v) is 3.58. The first-order valence-electron chi connectivity index (χ1n) is 7.02. The lowest BCUT2D eigenvalue weighted by atomic mass is 10.1. The van der Waals surface area contributed by atoms with Gasteiger partial charge in [-0.15, -0.1) is 0 Å². The number of ether oxygens (including phenoxy) is 2. The van der Waals surface area contributed by atoms with Crippen molar-refractivity contribution in [3.05, 3.63) is 48.0 Å². The van der Waals surface area contributed by atoms with Gasteiger partial charge in [0.2, 0.25) is 0 Å². The van der Waals surface area contributed by atoms with Gasteiger partial charge >= 0.3 is 0 Å². The van der Waals surface area contributed by atoms with Gasteiger partial charge in [-0.05, 0) is 30.3 Å². The van der Waals surface area contributed by atoms with Gasteiger partial charge in [0, 0.05) is 19.3 Å². The Balaban J connectivity index is 1.54. The highest BCUT2D eigenvalue weighted by molar-refractivity contribution is 5.22. The molecule has 5 nitrogen and oxygen atoms in total. The van der Waals surface area contributed by atoms with Crippen molar-refractivity contribution in [2.75, 3.05) is 32.9 Å². The van der Waals surface area contributed by atoms with Crippen LogP contribution in [0, 0.1) is 5.82 Å². The Hall–Kier alpha value is -1.92. The highest BCUT2D eigenvalue weighted by Crippen LogP contribution is 2.22. The van der Waals surface area contributed by atoms with E-state index in [0.29, 0.717) is 19.0 Å². The maximum absolute atomic E-state index is 12.8. The molecule has 112 valence electrons. The molecule has 1 atom stereocenters. The van der Waals surface area contributed by atoms with Crippen molar-refractivity contribution in [1.29, 1.82) is 0 Å². The summed E-state index contributed by atoms with van der Waals surface area (Å²) in [6.07, 6.45) is 1.75. The number of morpholine rings is 1. The summed E-state index contributed by atoms with van der Waals surface area (Å²) >= 11 is 0. The van der Waals surface area contributed by atoms with Gasteiger partial charge in [-0.3, -0.25) is 10.00 Å². The van der Waals surface area contributed by atoms with Crippen molar-refractivity contribution in [3.8, 4) is 5.75 Å². The molecule has 1 aromatic carbocycles. The number of benzene rings is 1. The molecule has 0 radical (unpaired) electrons. The van der Waals surface area contributed by atoms with Gasteiger partial charge in [-0.1, -0.05) is 0 Å². The summed E-state index contributed by atoms with van der Waals surface area (Å²) in [6.45, 7) is 3.57. The topological polar surface area (TPSA) is 50.4 Å². The number of halogens is 1. The minimum absolute atomic E-state index is 0.179. The van der Waals surface area contributed by atoms with Crippen LogP contribution in [-0.4, -0.2) is 48.0 Å². The van der Waals surface area contributed by atoms with Crippen LogP contribution < -0.4 is 4.74 Å². The Labute approximate surface area is 122 Å². The van der Waals surface area contributed by atoms with Crippen molar-refractivity contribution < 1.29 is 13.9 Å². The monoisotopic (exact) mass is 291 g/mol. The van der Waals surface area contributed by atoms with Gasteiger partial charge in [0.05, 0.1) is 24.9 Å². The maximum Gasteiger partial charge on any atom is 0.123 e. The van der Waals surface area contributed by atoms with E-state index in [4.69, 9.17) is 9.47 Å². The Morgan fingerprint density at radius 1 is 1.33 bits per heavy atom. The fraction of sp³-hybridized carbons (Fsp3) is 0.400. The third kappa shape index (κ3) is 3.59. The fourth-order valence-electron chi connectivity index (χ4n) is 2.46. The number of hydrogen-bond donors (Lipinski definition) is 1. The van der Waals surface area contributed by atoms with E-state index in [1.54, 1.807) is 18.3 Å². The Morgan fingerprint density at radius 2 is 2.19 bits per heavy atom. The van der Waals surface area contributed by atoms with Crippen LogP contribution >= 0.6 is 0 Å². The van der Waals surface area contributed by atoms with Crippen molar-refractivity contribution in [2.24, 2.45) is 0 Å². The Kier molecular flexibility index (Phi) is 4.47. The second kappa shape index (κ2) is 6.69. The predicted molar refractivity (Wildman–Crippen MR) is 75.6 cm³/mol. The molecule has 0 bridgehead atoms. The van der Waals surface area contributed by atoms with Crippen molar-refractivity contribution >= 4 is 0 Å². The average molecular weight is 291 g/mol. The predicted octanol–water partition coefficient (Wildman–Crippen LogP) is 2.00. The van der Waals surface area contributed by atoms with Crippen LogP contribution in [0.15, 0.2) is 36.5 Å². The zero-order chi connectivity index (χ0) is 14.5. The lowest BCUT2D eigenvalue weighted by Crippen LogP contribution is -2.41. The van der Waals surface area contributed by atoms with Gasteiger partial charge in [-0.25, -0.2) is 4.39 Å². The number of nitrogens with one attached hydrogen (secondary N) is 1. The van der Waals surface area contributed by atoms with Crippen LogP contribution in [0.25, 0.3) is 0 Å². The molecule has 1 aromatic heterocycles. The molecule has 6 heteroatoms. The summed E-state index contributed by atoms with van der Waals surface area (Å²) in [4.78, 5) is 2.31. The number of H-pyrrole nitrogens is 1. The molecule has 0 saturated carbocycles. The molecule has 1 aliphatic rings. The molecule has 1 aliphatic heterocycles. The van der Waals surface area contributed by atoms with Gasteiger partial charge < -0.3 is 9.47 Å². The Bertz CT molecular complexity index is 545. The summed E-state index contributed by atoms with van der Waals surface area (Å²) in [5, 5.41) is 6.99. The largest absolute Gasteiger partial charge is 0.492 e. The molecular formula is C15H18FN3O2. The zero-order valence-electron chi connectivity index (χ0n) is 11.7. The number of nitrogens with zero attached hydrogens (tertiary/aromatic N) is 2. The first kappa shape index (κ1) is 14.0. The van der Waals surface area contributed by atoms with Crippen molar-refractivity contribution in [2.45, 2.75) is 6.04 Å². The summed E-state index contributed by atoms with van der Waals surface area (Å²) < 4.78 is 24.0. The van der Waals surface area contributed by atoms with E-state index >= 15 is 0 Å². The molecule has 1 saturated heterocycles. The normalized spacial score (nSPS) is 19.6. The van der Waals surface area contributed by atoms with Gasteiger partial charge in [0.15, 0.2) is 0 Å². The third-order valence-electron chi connectivity index (χ3n) is 3.58. The van der Waals surface area contributed by atoms with Crippen LogP contribution in [-0.2, 0) is 4.74 Å². The van der Waals surface area contributed by atoms with Crippen LogP contribution in [0.3, 0.4) is 0 Å². The number of aromatic amines is 1. The van der Waals surface area contributed by atoms with Crippen LogP contribution in [0.1, 0.15) is 11.7 Å². The minimum atomic E-state index is -0.255. The van der Waals surface area contributed by atoms with Gasteiger partial charge in [0.25, 0.3) is 0 Å². The molecule has 0 unspecified atom stereocenters. The zero-order valence-corrected chi connectivity index (χ0v) is 11.7. The second-order valence-electron chi connectivity index (χ2n) is 4.94. The van der Waals surface area contributed by atoms with Gasteiger partial charge in [0.1, 0.15) is 18.2 Å². The van der Waals surface area contributed by atoms with Gasteiger partial charge in [-0.2, -0.15) is 5.10 Å². The van der Waals surface area contributed by atoms with E-state index in [0.717, 1.165) is 25.4 Å². The number of hydrogen-bond acceptors (Lipinski definition) is 4. The molecule has 21 heavy (non-hydrogen) atoms. The molecular weight excluding hydrogens is 273 g/mol. The van der Waals surface area contributed by atoms with Crippen molar-refractivity contribution in [1.82, 2.24) is 15.1 Å². The summed E-state index contributed by atoms with van der Waals surface area (Å²) in [7, 11) is 0. The SMILES string of the molecule is Fc1ccc(OCCN2CCOC[C@H]2c2ccn[nH]2)cc1. The molecule has 2 heterocycles. The molecule has 3 rings (SSSR count). The molecule has 1 fully saturated rings. The summed E-state index contributed by atoms with van der Waals surface area (Å²) in [5.41, 5.74) is 1.05. The highest BCUT2D eigenvalue weighted by Gasteiger charge is 2.25. The van der Waals surface area contributed by atoms with E-state index in [2.05, 4.69) is 15.1 Å². The molecule has 0 aliphatic carbocycles. The quantitative estimate of drug-likeness (QED) is 0.915. The van der Waals surface area contributed by atoms with Crippen LogP contribution in [0.5, 0.6) is 5.75 Å². The number of rotatable bonds is 5. The average Bonchev–Trinajstić information content (AvgIpc) is 3.04. The van der Waals surface area contributed by atoms with Crippen LogP contribution in [0.2, 0.25) is 0 Å². The van der Waals surface area contributed by atoms with E-state index in [1.165, 1.54) is 12.1 Å². The molecule has 2 aromatic rings. The standard InChI is InChI=1S/C15H18FN3O2/c16-12-1-3-13(4-2-12)21-10-8-19-7-9-20-11-15(19)14-5-6-17-18-14/h1-6,15H,7-11H2,(H,17,18)/t15-/m0/s1. The lowest BCUT2D eigenvalue weighted by Gasteiger charge is -2.34. The van der Waals surface area contributed by atoms with E-state index < -0.39 is 0 Å². The Morgan fingerprint density at radius 3 is 2.95 bits per heavy atom. The van der Waals surface area contributed by atoms with E-state index in [9.17, 15) is 4.39 Å². The fourth-order valence-corrected chi connectivity index (χ4v) is 2.46. The minimum Gasteiger partial charge on any atom is -0.492 e. The lowest BCUT2D eigenvalue weighted by molar-refractivity contribution is -0.0147. The highest BCUT2D eigenvalue weighted by atomic mass is 19.1. The summed E-state index contributed by atoms with van der Waals surface area (Å²) in [5.74, 6) is 0.428. The molecule has 0 spiro atoms. The summed E-state index contributed by atoms with van der Waals surface area (Å²) in [6, 6.07) is 8.22. The van der Waals surface area contributed by atoms with E-state index in [-0.39, 0.29) is 11.9 Å². The van der Waals surface area contributed by atoms with E-state index in [1.807, 2.05) is 6.07 Å². The molecule has 1 N–H and O–H groups in total. The molecule has 0 amide bonds. The van der Waals surface area contributed by atoms with Crippen LogP contribution in [0.4, 0.5) is 4.39 Å².